The molecule has 0 aliphatic heterocycles. The lowest BCUT2D eigenvalue weighted by Gasteiger charge is -2.06. The third kappa shape index (κ3) is 3.20. The minimum absolute atomic E-state index is 0.0571. The van der Waals surface area contributed by atoms with Gasteiger partial charge in [0, 0.05) is 16.5 Å². The molecule has 4 heteroatoms. The standard InChI is InChI=1S/C16H15FO2S/c1-3-20-13-7-4-11(5-8-13)16(18)14-9-6-12(19-2)10-15(14)17/h4-10H,3H2,1-2H3. The highest BCUT2D eigenvalue weighted by atomic mass is 32.2. The summed E-state index contributed by atoms with van der Waals surface area (Å²) in [6.07, 6.45) is 0. The highest BCUT2D eigenvalue weighted by molar-refractivity contribution is 7.99. The van der Waals surface area contributed by atoms with Gasteiger partial charge >= 0.3 is 0 Å². The third-order valence-electron chi connectivity index (χ3n) is 2.85. The Kier molecular flexibility index (Phi) is 4.79. The summed E-state index contributed by atoms with van der Waals surface area (Å²) in [6.45, 7) is 2.07. The number of ether oxygens (including phenoxy) is 1. The van der Waals surface area contributed by atoms with Crippen molar-refractivity contribution in [1.82, 2.24) is 0 Å². The van der Waals surface area contributed by atoms with E-state index in [4.69, 9.17) is 4.74 Å². The van der Waals surface area contributed by atoms with Gasteiger partial charge in [-0.25, -0.2) is 4.39 Å². The van der Waals surface area contributed by atoms with Crippen molar-refractivity contribution in [2.24, 2.45) is 0 Å². The number of halogens is 1. The molecule has 2 aromatic carbocycles. The Hall–Kier alpha value is -1.81. The van der Waals surface area contributed by atoms with E-state index in [1.54, 1.807) is 30.0 Å². The Morgan fingerprint density at radius 2 is 1.90 bits per heavy atom. The molecule has 2 aromatic rings. The van der Waals surface area contributed by atoms with Crippen molar-refractivity contribution in [3.63, 3.8) is 0 Å². The fraction of sp³-hybridized carbons (Fsp3) is 0.188. The van der Waals surface area contributed by atoms with Gasteiger partial charge in [0.05, 0.1) is 12.7 Å². The quantitative estimate of drug-likeness (QED) is 0.610. The second-order valence-corrected chi connectivity index (χ2v) is 5.47. The Morgan fingerprint density at radius 1 is 1.20 bits per heavy atom. The number of methoxy groups -OCH3 is 1. The normalized spacial score (nSPS) is 10.3. The van der Waals surface area contributed by atoms with Crippen LogP contribution >= 0.6 is 11.8 Å². The number of thioether (sulfide) groups is 1. The van der Waals surface area contributed by atoms with Crippen LogP contribution in [0.3, 0.4) is 0 Å². The zero-order valence-electron chi connectivity index (χ0n) is 11.4. The lowest BCUT2D eigenvalue weighted by Crippen LogP contribution is -2.04. The van der Waals surface area contributed by atoms with Crippen molar-refractivity contribution in [1.29, 1.82) is 0 Å². The fourth-order valence-electron chi connectivity index (χ4n) is 1.83. The van der Waals surface area contributed by atoms with Crippen LogP contribution in [0.1, 0.15) is 22.8 Å². The zero-order chi connectivity index (χ0) is 14.5. The Morgan fingerprint density at radius 3 is 2.45 bits per heavy atom. The average Bonchev–Trinajstić information content (AvgIpc) is 2.47. The van der Waals surface area contributed by atoms with E-state index in [1.807, 2.05) is 12.1 Å². The smallest absolute Gasteiger partial charge is 0.195 e. The Bertz CT molecular complexity index is 608. The molecule has 0 unspecified atom stereocenters. The highest BCUT2D eigenvalue weighted by Gasteiger charge is 2.14. The Balaban J connectivity index is 2.26. The van der Waals surface area contributed by atoms with Crippen molar-refractivity contribution in [3.05, 3.63) is 59.4 Å². The summed E-state index contributed by atoms with van der Waals surface area (Å²) >= 11 is 1.70. The first-order chi connectivity index (χ1) is 9.65. The molecule has 20 heavy (non-hydrogen) atoms. The van der Waals surface area contributed by atoms with Crippen molar-refractivity contribution >= 4 is 17.5 Å². The first-order valence-corrected chi connectivity index (χ1v) is 7.25. The molecule has 0 radical (unpaired) electrons. The van der Waals surface area contributed by atoms with Gasteiger partial charge in [0.25, 0.3) is 0 Å². The van der Waals surface area contributed by atoms with E-state index in [9.17, 15) is 9.18 Å². The maximum atomic E-state index is 13.9. The van der Waals surface area contributed by atoms with E-state index in [2.05, 4.69) is 6.92 Å². The van der Waals surface area contributed by atoms with Crippen LogP contribution in [0.25, 0.3) is 0 Å². The van der Waals surface area contributed by atoms with E-state index < -0.39 is 5.82 Å². The number of benzene rings is 2. The van der Waals surface area contributed by atoms with Crippen molar-refractivity contribution in [3.8, 4) is 5.75 Å². The molecule has 0 saturated heterocycles. The number of ketones is 1. The van der Waals surface area contributed by atoms with Gasteiger partial charge in [0.2, 0.25) is 0 Å². The van der Waals surface area contributed by atoms with Gasteiger partial charge in [0.15, 0.2) is 5.78 Å². The molecule has 104 valence electrons. The number of rotatable bonds is 5. The van der Waals surface area contributed by atoms with E-state index in [-0.39, 0.29) is 11.3 Å². The van der Waals surface area contributed by atoms with Gasteiger partial charge in [-0.2, -0.15) is 0 Å². The number of hydrogen-bond donors (Lipinski definition) is 0. The minimum Gasteiger partial charge on any atom is -0.497 e. The van der Waals surface area contributed by atoms with Gasteiger partial charge in [-0.3, -0.25) is 4.79 Å². The molecule has 0 saturated carbocycles. The molecule has 0 bridgehead atoms. The first kappa shape index (κ1) is 14.6. The van der Waals surface area contributed by atoms with Crippen LogP contribution in [0, 0.1) is 5.82 Å². The van der Waals surface area contributed by atoms with Gasteiger partial charge in [-0.15, -0.1) is 11.8 Å². The summed E-state index contributed by atoms with van der Waals surface area (Å²) in [6, 6.07) is 11.5. The number of carbonyl (C=O) groups is 1. The molecule has 0 amide bonds. The van der Waals surface area contributed by atoms with Crippen LogP contribution < -0.4 is 4.74 Å². The van der Waals surface area contributed by atoms with Gasteiger partial charge < -0.3 is 4.74 Å². The molecule has 0 aromatic heterocycles. The van der Waals surface area contributed by atoms with Crippen LogP contribution in [0.4, 0.5) is 4.39 Å². The van der Waals surface area contributed by atoms with E-state index in [0.717, 1.165) is 10.6 Å². The van der Waals surface area contributed by atoms with Gasteiger partial charge in [0.1, 0.15) is 11.6 Å². The topological polar surface area (TPSA) is 26.3 Å². The molecule has 0 aliphatic rings. The average molecular weight is 290 g/mol. The molecular formula is C16H15FO2S. The molecule has 0 spiro atoms. The van der Waals surface area contributed by atoms with Gasteiger partial charge in [-0.05, 0) is 42.2 Å². The second-order valence-electron chi connectivity index (χ2n) is 4.13. The van der Waals surface area contributed by atoms with Gasteiger partial charge in [-0.1, -0.05) is 6.92 Å². The third-order valence-corrected chi connectivity index (χ3v) is 3.74. The summed E-state index contributed by atoms with van der Waals surface area (Å²) in [7, 11) is 1.46. The van der Waals surface area contributed by atoms with E-state index in [1.165, 1.54) is 19.2 Å². The monoisotopic (exact) mass is 290 g/mol. The zero-order valence-corrected chi connectivity index (χ0v) is 12.2. The fourth-order valence-corrected chi connectivity index (χ4v) is 2.49. The maximum absolute atomic E-state index is 13.9. The molecule has 0 heterocycles. The molecule has 0 atom stereocenters. The molecule has 2 rings (SSSR count). The summed E-state index contributed by atoms with van der Waals surface area (Å²) in [4.78, 5) is 13.3. The van der Waals surface area contributed by atoms with Crippen LogP contribution in [-0.4, -0.2) is 18.6 Å². The van der Waals surface area contributed by atoms with Crippen molar-refractivity contribution in [2.45, 2.75) is 11.8 Å². The second kappa shape index (κ2) is 6.57. The lowest BCUT2D eigenvalue weighted by atomic mass is 10.0. The molecule has 0 fully saturated rings. The van der Waals surface area contributed by atoms with Crippen molar-refractivity contribution < 1.29 is 13.9 Å². The summed E-state index contributed by atoms with van der Waals surface area (Å²) < 4.78 is 18.8. The summed E-state index contributed by atoms with van der Waals surface area (Å²) in [5.41, 5.74) is 0.538. The predicted octanol–water partition coefficient (Wildman–Crippen LogP) is 4.18. The van der Waals surface area contributed by atoms with Crippen LogP contribution in [0.5, 0.6) is 5.75 Å². The molecule has 0 aliphatic carbocycles. The van der Waals surface area contributed by atoms with E-state index >= 15 is 0 Å². The molecular weight excluding hydrogens is 275 g/mol. The highest BCUT2D eigenvalue weighted by Crippen LogP contribution is 2.22. The largest absolute Gasteiger partial charge is 0.497 e. The van der Waals surface area contributed by atoms with Crippen LogP contribution in [0.15, 0.2) is 47.4 Å². The van der Waals surface area contributed by atoms with Crippen LogP contribution in [-0.2, 0) is 0 Å². The Labute approximate surface area is 122 Å². The first-order valence-electron chi connectivity index (χ1n) is 6.26. The van der Waals surface area contributed by atoms with Crippen LogP contribution in [0.2, 0.25) is 0 Å². The SMILES string of the molecule is CCSc1ccc(C(=O)c2ccc(OC)cc2F)cc1. The van der Waals surface area contributed by atoms with Crippen molar-refractivity contribution in [2.75, 3.05) is 12.9 Å². The van der Waals surface area contributed by atoms with E-state index in [0.29, 0.717) is 11.3 Å². The minimum atomic E-state index is -0.568. The lowest BCUT2D eigenvalue weighted by molar-refractivity contribution is 0.103. The molecule has 2 nitrogen and oxygen atoms in total. The summed E-state index contributed by atoms with van der Waals surface area (Å²) in [5, 5.41) is 0. The predicted molar refractivity (Wildman–Crippen MR) is 79.2 cm³/mol. The number of carbonyl (C=O) groups excluding carboxylic acids is 1. The number of hydrogen-bond acceptors (Lipinski definition) is 3. The molecule has 0 N–H and O–H groups in total. The summed E-state index contributed by atoms with van der Waals surface area (Å²) in [5.74, 6) is 0.480. The maximum Gasteiger partial charge on any atom is 0.195 e.